The Morgan fingerprint density at radius 2 is 1.88 bits per heavy atom. The molecule has 2 rings (SSSR count). The van der Waals surface area contributed by atoms with Gasteiger partial charge in [-0.25, -0.2) is 0 Å². The number of hydrogen-bond acceptors (Lipinski definition) is 2. The van der Waals surface area contributed by atoms with Crippen molar-refractivity contribution in [2.75, 3.05) is 13.1 Å². The predicted octanol–water partition coefficient (Wildman–Crippen LogP) is 3.31. The van der Waals surface area contributed by atoms with Crippen LogP contribution in [0.1, 0.15) is 64.7 Å². The molecule has 17 heavy (non-hydrogen) atoms. The summed E-state index contributed by atoms with van der Waals surface area (Å²) in [6.45, 7) is 4.66. The van der Waals surface area contributed by atoms with Crippen molar-refractivity contribution in [2.24, 2.45) is 11.3 Å². The van der Waals surface area contributed by atoms with Crippen LogP contribution < -0.4 is 5.32 Å². The number of carbonyl (C=O) groups is 1. The molecule has 2 heteroatoms. The molecule has 0 amide bonds. The summed E-state index contributed by atoms with van der Waals surface area (Å²) in [7, 11) is 0. The smallest absolute Gasteiger partial charge is 0.132 e. The SMILES string of the molecule is CCCCC1(C2CCNCC2)CCC(=O)CC1. The number of ketones is 1. The third kappa shape index (κ3) is 3.09. The number of piperidine rings is 1. The Morgan fingerprint density at radius 1 is 1.24 bits per heavy atom. The Kier molecular flexibility index (Phi) is 4.61. The van der Waals surface area contributed by atoms with E-state index in [0.717, 1.165) is 18.8 Å². The number of hydrogen-bond donors (Lipinski definition) is 1. The lowest BCUT2D eigenvalue weighted by Gasteiger charge is -2.45. The predicted molar refractivity (Wildman–Crippen MR) is 71.0 cm³/mol. The van der Waals surface area contributed by atoms with Gasteiger partial charge in [0, 0.05) is 12.8 Å². The molecule has 0 spiro atoms. The molecule has 1 aliphatic carbocycles. The summed E-state index contributed by atoms with van der Waals surface area (Å²) in [4.78, 5) is 11.5. The van der Waals surface area contributed by atoms with E-state index in [1.54, 1.807) is 0 Å². The normalized spacial score (nSPS) is 26.1. The molecule has 1 heterocycles. The highest BCUT2D eigenvalue weighted by molar-refractivity contribution is 5.79. The van der Waals surface area contributed by atoms with Crippen LogP contribution in [0.25, 0.3) is 0 Å². The average Bonchev–Trinajstić information content (AvgIpc) is 2.40. The minimum absolute atomic E-state index is 0.506. The number of unbranched alkanes of at least 4 members (excludes halogenated alkanes) is 1. The van der Waals surface area contributed by atoms with Crippen LogP contribution >= 0.6 is 0 Å². The van der Waals surface area contributed by atoms with Crippen molar-refractivity contribution >= 4 is 5.78 Å². The molecule has 2 aliphatic rings. The fourth-order valence-corrected chi connectivity index (χ4v) is 3.85. The van der Waals surface area contributed by atoms with Gasteiger partial charge in [0.25, 0.3) is 0 Å². The van der Waals surface area contributed by atoms with Gasteiger partial charge < -0.3 is 5.32 Å². The lowest BCUT2D eigenvalue weighted by Crippen LogP contribution is -2.41. The molecule has 0 radical (unpaired) electrons. The van der Waals surface area contributed by atoms with Gasteiger partial charge in [0.05, 0.1) is 0 Å². The first-order valence-electron chi connectivity index (χ1n) is 7.49. The van der Waals surface area contributed by atoms with Gasteiger partial charge in [-0.15, -0.1) is 0 Å². The van der Waals surface area contributed by atoms with Crippen LogP contribution in [-0.2, 0) is 4.79 Å². The highest BCUT2D eigenvalue weighted by Crippen LogP contribution is 2.48. The molecule has 1 saturated carbocycles. The molecule has 0 aromatic rings. The zero-order valence-electron chi connectivity index (χ0n) is 11.3. The summed E-state index contributed by atoms with van der Waals surface area (Å²) in [5.41, 5.74) is 0.520. The summed E-state index contributed by atoms with van der Waals surface area (Å²) in [5, 5.41) is 3.47. The van der Waals surface area contributed by atoms with E-state index in [-0.39, 0.29) is 0 Å². The zero-order valence-corrected chi connectivity index (χ0v) is 11.3. The van der Waals surface area contributed by atoms with Crippen LogP contribution in [-0.4, -0.2) is 18.9 Å². The Labute approximate surface area is 106 Å². The molecule has 0 atom stereocenters. The highest BCUT2D eigenvalue weighted by atomic mass is 16.1. The summed E-state index contributed by atoms with van der Waals surface area (Å²) >= 11 is 0. The van der Waals surface area contributed by atoms with Gasteiger partial charge >= 0.3 is 0 Å². The molecule has 1 saturated heterocycles. The molecule has 1 aliphatic heterocycles. The summed E-state index contributed by atoms with van der Waals surface area (Å²) in [5.74, 6) is 1.38. The highest BCUT2D eigenvalue weighted by Gasteiger charge is 2.40. The molecular formula is C15H27NO. The van der Waals surface area contributed by atoms with E-state index in [0.29, 0.717) is 11.2 Å². The van der Waals surface area contributed by atoms with E-state index in [1.807, 2.05) is 0 Å². The van der Waals surface area contributed by atoms with E-state index < -0.39 is 0 Å². The van der Waals surface area contributed by atoms with E-state index in [4.69, 9.17) is 0 Å². The van der Waals surface area contributed by atoms with E-state index in [9.17, 15) is 4.79 Å². The lowest BCUT2D eigenvalue weighted by molar-refractivity contribution is -0.123. The van der Waals surface area contributed by atoms with Crippen molar-refractivity contribution < 1.29 is 4.79 Å². The fraction of sp³-hybridized carbons (Fsp3) is 0.933. The van der Waals surface area contributed by atoms with Crippen molar-refractivity contribution in [1.82, 2.24) is 5.32 Å². The Balaban J connectivity index is 2.02. The van der Waals surface area contributed by atoms with Gasteiger partial charge in [0.2, 0.25) is 0 Å². The van der Waals surface area contributed by atoms with E-state index in [2.05, 4.69) is 12.2 Å². The second kappa shape index (κ2) is 5.99. The average molecular weight is 237 g/mol. The molecule has 1 N–H and O–H groups in total. The maximum absolute atomic E-state index is 11.5. The lowest BCUT2D eigenvalue weighted by atomic mass is 9.61. The molecule has 0 aromatic carbocycles. The van der Waals surface area contributed by atoms with E-state index >= 15 is 0 Å². The van der Waals surface area contributed by atoms with Crippen LogP contribution in [0.4, 0.5) is 0 Å². The molecule has 2 nitrogen and oxygen atoms in total. The third-order valence-corrected chi connectivity index (χ3v) is 5.04. The Hall–Kier alpha value is -0.370. The van der Waals surface area contributed by atoms with Gasteiger partial charge in [-0.1, -0.05) is 19.8 Å². The molecule has 0 bridgehead atoms. The number of nitrogens with one attached hydrogen (secondary N) is 1. The van der Waals surface area contributed by atoms with Crippen molar-refractivity contribution in [3.8, 4) is 0 Å². The van der Waals surface area contributed by atoms with Crippen LogP contribution in [0.15, 0.2) is 0 Å². The van der Waals surface area contributed by atoms with Crippen LogP contribution in [0.5, 0.6) is 0 Å². The third-order valence-electron chi connectivity index (χ3n) is 5.04. The summed E-state index contributed by atoms with van der Waals surface area (Å²) < 4.78 is 0. The topological polar surface area (TPSA) is 29.1 Å². The first kappa shape index (κ1) is 13.1. The van der Waals surface area contributed by atoms with Gasteiger partial charge in [-0.05, 0) is 56.5 Å². The van der Waals surface area contributed by atoms with Crippen molar-refractivity contribution in [2.45, 2.75) is 64.7 Å². The minimum atomic E-state index is 0.506. The minimum Gasteiger partial charge on any atom is -0.317 e. The first-order chi connectivity index (χ1) is 8.27. The van der Waals surface area contributed by atoms with Gasteiger partial charge in [0.1, 0.15) is 5.78 Å². The Morgan fingerprint density at radius 3 is 2.47 bits per heavy atom. The maximum Gasteiger partial charge on any atom is 0.132 e. The molecule has 0 unspecified atom stereocenters. The largest absolute Gasteiger partial charge is 0.317 e. The maximum atomic E-state index is 11.5. The number of carbonyl (C=O) groups excluding carboxylic acids is 1. The molecule has 98 valence electrons. The number of rotatable bonds is 4. The van der Waals surface area contributed by atoms with Crippen molar-refractivity contribution in [3.63, 3.8) is 0 Å². The first-order valence-corrected chi connectivity index (χ1v) is 7.49. The van der Waals surface area contributed by atoms with Gasteiger partial charge in [-0.3, -0.25) is 4.79 Å². The van der Waals surface area contributed by atoms with E-state index in [1.165, 1.54) is 58.0 Å². The monoisotopic (exact) mass is 237 g/mol. The summed E-state index contributed by atoms with van der Waals surface area (Å²) in [6.07, 6.45) is 10.7. The quantitative estimate of drug-likeness (QED) is 0.813. The van der Waals surface area contributed by atoms with Crippen molar-refractivity contribution in [1.29, 1.82) is 0 Å². The fourth-order valence-electron chi connectivity index (χ4n) is 3.85. The van der Waals surface area contributed by atoms with Crippen LogP contribution in [0.2, 0.25) is 0 Å². The Bertz CT molecular complexity index is 246. The number of Topliss-reactive ketones (excluding diaryl/α,β-unsaturated/α-hetero) is 1. The standard InChI is InChI=1S/C15H27NO/c1-2-3-8-15(9-4-14(17)5-10-15)13-6-11-16-12-7-13/h13,16H,2-12H2,1H3. The molecule has 2 fully saturated rings. The molecular weight excluding hydrogens is 210 g/mol. The van der Waals surface area contributed by atoms with Crippen LogP contribution in [0, 0.1) is 11.3 Å². The van der Waals surface area contributed by atoms with Gasteiger partial charge in [0.15, 0.2) is 0 Å². The molecule has 0 aromatic heterocycles. The van der Waals surface area contributed by atoms with Crippen LogP contribution in [0.3, 0.4) is 0 Å². The van der Waals surface area contributed by atoms with Crippen molar-refractivity contribution in [3.05, 3.63) is 0 Å². The second-order valence-electron chi connectivity index (χ2n) is 6.03. The van der Waals surface area contributed by atoms with Gasteiger partial charge in [-0.2, -0.15) is 0 Å². The summed E-state index contributed by atoms with van der Waals surface area (Å²) in [6, 6.07) is 0. The zero-order chi connectivity index (χ0) is 12.1. The second-order valence-corrected chi connectivity index (χ2v) is 6.03.